The first-order valence-corrected chi connectivity index (χ1v) is 5.31. The number of anilines is 1. The highest BCUT2D eigenvalue weighted by atomic mass is 16.3. The normalized spacial score (nSPS) is 10.9. The number of rotatable bonds is 1. The van der Waals surface area contributed by atoms with Crippen molar-refractivity contribution in [2.24, 2.45) is 0 Å². The molecule has 0 saturated carbocycles. The van der Waals surface area contributed by atoms with E-state index < -0.39 is 0 Å². The largest absolute Gasteiger partial charge is 0.434 e. The number of aryl methyl sites for hydroxylation is 1. The maximum Gasteiger partial charge on any atom is 0.228 e. The van der Waals surface area contributed by atoms with Gasteiger partial charge in [-0.2, -0.15) is 4.98 Å². The fourth-order valence-corrected chi connectivity index (χ4v) is 1.65. The summed E-state index contributed by atoms with van der Waals surface area (Å²) in [5.41, 5.74) is 9.54. The van der Waals surface area contributed by atoms with Gasteiger partial charge in [-0.05, 0) is 19.1 Å². The van der Waals surface area contributed by atoms with Crippen LogP contribution >= 0.6 is 0 Å². The zero-order valence-electron chi connectivity index (χ0n) is 9.34. The van der Waals surface area contributed by atoms with E-state index in [2.05, 4.69) is 9.97 Å². The molecular weight excluding hydrogens is 214 g/mol. The van der Waals surface area contributed by atoms with Crippen molar-refractivity contribution >= 4 is 16.9 Å². The van der Waals surface area contributed by atoms with Crippen LogP contribution in [0.2, 0.25) is 0 Å². The van der Waals surface area contributed by atoms with Crippen molar-refractivity contribution in [3.63, 3.8) is 0 Å². The van der Waals surface area contributed by atoms with Crippen molar-refractivity contribution < 1.29 is 4.42 Å². The number of aromatic nitrogens is 2. The van der Waals surface area contributed by atoms with Crippen LogP contribution in [0.4, 0.5) is 5.69 Å². The third-order valence-corrected chi connectivity index (χ3v) is 2.57. The summed E-state index contributed by atoms with van der Waals surface area (Å²) in [5.74, 6) is 0.568. The van der Waals surface area contributed by atoms with E-state index in [9.17, 15) is 0 Å². The van der Waals surface area contributed by atoms with Gasteiger partial charge in [0.15, 0.2) is 11.2 Å². The molecule has 2 heterocycles. The summed E-state index contributed by atoms with van der Waals surface area (Å²) in [4.78, 5) is 8.44. The Kier molecular flexibility index (Phi) is 2.08. The van der Waals surface area contributed by atoms with E-state index in [1.165, 1.54) is 5.56 Å². The van der Waals surface area contributed by atoms with Crippen LogP contribution in [-0.4, -0.2) is 9.97 Å². The molecular formula is C13H11N3O. The smallest absolute Gasteiger partial charge is 0.228 e. The van der Waals surface area contributed by atoms with Crippen molar-refractivity contribution in [1.29, 1.82) is 0 Å². The lowest BCUT2D eigenvalue weighted by Gasteiger charge is -1.95. The lowest BCUT2D eigenvalue weighted by atomic mass is 10.1. The topological polar surface area (TPSA) is 64.9 Å². The lowest BCUT2D eigenvalue weighted by Crippen LogP contribution is -1.85. The van der Waals surface area contributed by atoms with Crippen LogP contribution in [0, 0.1) is 6.92 Å². The highest BCUT2D eigenvalue weighted by Gasteiger charge is 2.08. The Morgan fingerprint density at radius 3 is 2.71 bits per heavy atom. The Morgan fingerprint density at radius 2 is 1.94 bits per heavy atom. The molecule has 0 aliphatic rings. The van der Waals surface area contributed by atoms with Crippen LogP contribution in [-0.2, 0) is 0 Å². The van der Waals surface area contributed by atoms with Gasteiger partial charge in [-0.1, -0.05) is 17.7 Å². The molecule has 17 heavy (non-hydrogen) atoms. The Balaban J connectivity index is 2.14. The fraction of sp³-hybridized carbons (Fsp3) is 0.0769. The summed E-state index contributed by atoms with van der Waals surface area (Å²) in [6.45, 7) is 2.04. The van der Waals surface area contributed by atoms with E-state index in [1.54, 1.807) is 12.3 Å². The third kappa shape index (κ3) is 1.73. The number of hydrogen-bond donors (Lipinski definition) is 1. The Morgan fingerprint density at radius 1 is 1.18 bits per heavy atom. The second-order valence-corrected chi connectivity index (χ2v) is 3.98. The van der Waals surface area contributed by atoms with Gasteiger partial charge in [-0.25, -0.2) is 4.98 Å². The van der Waals surface area contributed by atoms with Crippen molar-refractivity contribution in [3.05, 3.63) is 42.1 Å². The number of nitrogens with zero attached hydrogens (tertiary/aromatic N) is 2. The van der Waals surface area contributed by atoms with Gasteiger partial charge in [0.2, 0.25) is 5.89 Å². The predicted molar refractivity (Wildman–Crippen MR) is 66.4 cm³/mol. The fourth-order valence-electron chi connectivity index (χ4n) is 1.65. The predicted octanol–water partition coefficient (Wildman–Crippen LogP) is 2.78. The molecule has 3 aromatic rings. The summed E-state index contributed by atoms with van der Waals surface area (Å²) >= 11 is 0. The lowest BCUT2D eigenvalue weighted by molar-refractivity contribution is 0.620. The molecule has 0 radical (unpaired) electrons. The van der Waals surface area contributed by atoms with Gasteiger partial charge >= 0.3 is 0 Å². The number of pyridine rings is 1. The van der Waals surface area contributed by atoms with Crippen LogP contribution in [0.3, 0.4) is 0 Å². The number of hydrogen-bond acceptors (Lipinski definition) is 4. The van der Waals surface area contributed by atoms with E-state index in [0.717, 1.165) is 5.56 Å². The van der Waals surface area contributed by atoms with Gasteiger partial charge in [-0.15, -0.1) is 0 Å². The molecule has 0 atom stereocenters. The number of oxazole rings is 1. The number of nitrogens with two attached hydrogens (primary N) is 1. The summed E-state index contributed by atoms with van der Waals surface area (Å²) in [6.07, 6.45) is 1.57. The van der Waals surface area contributed by atoms with Gasteiger partial charge in [0, 0.05) is 11.6 Å². The summed E-state index contributed by atoms with van der Waals surface area (Å²) in [6, 6.07) is 9.72. The minimum Gasteiger partial charge on any atom is -0.434 e. The van der Waals surface area contributed by atoms with Crippen LogP contribution in [0.5, 0.6) is 0 Å². The molecule has 0 saturated heterocycles. The standard InChI is InChI=1S/C13H11N3O/c1-8-2-4-9(5-3-8)13-16-12-11(17-13)6-10(14)7-15-12/h2-7H,14H2,1H3. The highest BCUT2D eigenvalue weighted by Crippen LogP contribution is 2.24. The average molecular weight is 225 g/mol. The Bertz CT molecular complexity index is 671. The van der Waals surface area contributed by atoms with Gasteiger partial charge in [-0.3, -0.25) is 0 Å². The molecule has 0 amide bonds. The third-order valence-electron chi connectivity index (χ3n) is 2.57. The number of nitrogen functional groups attached to an aromatic ring is 1. The monoisotopic (exact) mass is 225 g/mol. The Hall–Kier alpha value is -2.36. The molecule has 0 unspecified atom stereocenters. The van der Waals surface area contributed by atoms with E-state index in [0.29, 0.717) is 22.8 Å². The molecule has 4 nitrogen and oxygen atoms in total. The molecule has 0 aliphatic carbocycles. The molecule has 0 bridgehead atoms. The quantitative estimate of drug-likeness (QED) is 0.691. The summed E-state index contributed by atoms with van der Waals surface area (Å²) in [7, 11) is 0. The molecule has 4 heteroatoms. The number of benzene rings is 1. The maximum atomic E-state index is 5.64. The van der Waals surface area contributed by atoms with Gasteiger partial charge in [0.05, 0.1) is 11.9 Å². The van der Waals surface area contributed by atoms with E-state index >= 15 is 0 Å². The van der Waals surface area contributed by atoms with Crippen molar-refractivity contribution in [3.8, 4) is 11.5 Å². The van der Waals surface area contributed by atoms with Gasteiger partial charge in [0.25, 0.3) is 0 Å². The first kappa shape index (κ1) is 9.84. The highest BCUT2D eigenvalue weighted by molar-refractivity contribution is 5.75. The molecule has 2 N–H and O–H groups in total. The summed E-state index contributed by atoms with van der Waals surface area (Å²) in [5, 5.41) is 0. The molecule has 0 fully saturated rings. The van der Waals surface area contributed by atoms with Gasteiger partial charge in [0.1, 0.15) is 0 Å². The Labute approximate surface area is 98.1 Å². The van der Waals surface area contributed by atoms with Crippen molar-refractivity contribution in [1.82, 2.24) is 9.97 Å². The molecule has 2 aromatic heterocycles. The first-order valence-electron chi connectivity index (χ1n) is 5.31. The zero-order chi connectivity index (χ0) is 11.8. The van der Waals surface area contributed by atoms with E-state index in [-0.39, 0.29) is 0 Å². The molecule has 0 aliphatic heterocycles. The molecule has 84 valence electrons. The first-order chi connectivity index (χ1) is 8.22. The molecule has 3 rings (SSSR count). The van der Waals surface area contributed by atoms with E-state index in [4.69, 9.17) is 10.2 Å². The van der Waals surface area contributed by atoms with Crippen LogP contribution in [0.15, 0.2) is 40.9 Å². The SMILES string of the molecule is Cc1ccc(-c2nc3ncc(N)cc3o2)cc1. The summed E-state index contributed by atoms with van der Waals surface area (Å²) < 4.78 is 5.62. The van der Waals surface area contributed by atoms with Gasteiger partial charge < -0.3 is 10.2 Å². The average Bonchev–Trinajstić information content (AvgIpc) is 2.72. The van der Waals surface area contributed by atoms with E-state index in [1.807, 2.05) is 31.2 Å². The number of fused-ring (bicyclic) bond motifs is 1. The molecule has 0 spiro atoms. The van der Waals surface area contributed by atoms with Crippen molar-refractivity contribution in [2.75, 3.05) is 5.73 Å². The van der Waals surface area contributed by atoms with Crippen LogP contribution in [0.25, 0.3) is 22.7 Å². The minimum absolute atomic E-state index is 0.568. The minimum atomic E-state index is 0.568. The second kappa shape index (κ2) is 3.59. The maximum absolute atomic E-state index is 5.64. The van der Waals surface area contributed by atoms with Crippen LogP contribution in [0.1, 0.15) is 5.56 Å². The molecule has 1 aromatic carbocycles. The van der Waals surface area contributed by atoms with Crippen molar-refractivity contribution in [2.45, 2.75) is 6.92 Å². The van der Waals surface area contributed by atoms with Crippen LogP contribution < -0.4 is 5.73 Å². The zero-order valence-corrected chi connectivity index (χ0v) is 9.34. The second-order valence-electron chi connectivity index (χ2n) is 3.98.